The standard InChI is InChI=1S/C13H17F3N2/c1-12(2)6-5-9(7-12)18-10-3-4-11(17-8-10)13(14,15)16/h3-4,8-9,18H,5-7H2,1-2H3. The van der Waals surface area contributed by atoms with E-state index in [0.717, 1.165) is 25.3 Å². The topological polar surface area (TPSA) is 24.9 Å². The van der Waals surface area contributed by atoms with E-state index in [1.54, 1.807) is 0 Å². The van der Waals surface area contributed by atoms with E-state index in [1.807, 2.05) is 0 Å². The van der Waals surface area contributed by atoms with E-state index < -0.39 is 11.9 Å². The van der Waals surface area contributed by atoms with Gasteiger partial charge in [0.15, 0.2) is 0 Å². The van der Waals surface area contributed by atoms with Gasteiger partial charge in [-0.2, -0.15) is 13.2 Å². The van der Waals surface area contributed by atoms with Gasteiger partial charge in [-0.25, -0.2) is 4.98 Å². The van der Waals surface area contributed by atoms with Gasteiger partial charge in [-0.1, -0.05) is 13.8 Å². The van der Waals surface area contributed by atoms with Crippen molar-refractivity contribution < 1.29 is 13.2 Å². The Hall–Kier alpha value is -1.26. The number of nitrogens with one attached hydrogen (secondary N) is 1. The Kier molecular flexibility index (Phi) is 3.25. The molecule has 0 spiro atoms. The minimum Gasteiger partial charge on any atom is -0.381 e. The maximum Gasteiger partial charge on any atom is 0.433 e. The lowest BCUT2D eigenvalue weighted by molar-refractivity contribution is -0.141. The highest BCUT2D eigenvalue weighted by molar-refractivity contribution is 5.42. The fraction of sp³-hybridized carbons (Fsp3) is 0.615. The molecule has 1 N–H and O–H groups in total. The quantitative estimate of drug-likeness (QED) is 0.864. The smallest absolute Gasteiger partial charge is 0.381 e. The van der Waals surface area contributed by atoms with Gasteiger partial charge in [-0.15, -0.1) is 0 Å². The second kappa shape index (κ2) is 4.44. The summed E-state index contributed by atoms with van der Waals surface area (Å²) in [6, 6.07) is 2.79. The highest BCUT2D eigenvalue weighted by Crippen LogP contribution is 2.38. The van der Waals surface area contributed by atoms with Crippen LogP contribution in [0.15, 0.2) is 18.3 Å². The fourth-order valence-corrected chi connectivity index (χ4v) is 2.44. The van der Waals surface area contributed by atoms with Crippen LogP contribution in [0.4, 0.5) is 18.9 Å². The summed E-state index contributed by atoms with van der Waals surface area (Å²) in [5, 5.41) is 3.25. The first-order chi connectivity index (χ1) is 8.26. The number of rotatable bonds is 2. The van der Waals surface area contributed by atoms with Crippen molar-refractivity contribution in [3.05, 3.63) is 24.0 Å². The van der Waals surface area contributed by atoms with Crippen LogP contribution in [-0.4, -0.2) is 11.0 Å². The largest absolute Gasteiger partial charge is 0.433 e. The van der Waals surface area contributed by atoms with E-state index in [-0.39, 0.29) is 0 Å². The van der Waals surface area contributed by atoms with E-state index in [0.29, 0.717) is 17.1 Å². The van der Waals surface area contributed by atoms with Crippen molar-refractivity contribution in [3.8, 4) is 0 Å². The number of nitrogens with zero attached hydrogens (tertiary/aromatic N) is 1. The molecule has 0 saturated heterocycles. The van der Waals surface area contributed by atoms with E-state index in [9.17, 15) is 13.2 Å². The summed E-state index contributed by atoms with van der Waals surface area (Å²) in [6.45, 7) is 4.42. The first-order valence-corrected chi connectivity index (χ1v) is 6.06. The first-order valence-electron chi connectivity index (χ1n) is 6.06. The molecule has 100 valence electrons. The SMILES string of the molecule is CC1(C)CCC(Nc2ccc(C(F)(F)F)nc2)C1. The van der Waals surface area contributed by atoms with Crippen LogP contribution in [0.5, 0.6) is 0 Å². The first kappa shape index (κ1) is 13.2. The summed E-state index contributed by atoms with van der Waals surface area (Å²) in [5.74, 6) is 0. The summed E-state index contributed by atoms with van der Waals surface area (Å²) in [7, 11) is 0. The third kappa shape index (κ3) is 3.15. The molecule has 0 radical (unpaired) electrons. The minimum absolute atomic E-state index is 0.316. The molecule has 0 aliphatic heterocycles. The van der Waals surface area contributed by atoms with Crippen molar-refractivity contribution in [3.63, 3.8) is 0 Å². The van der Waals surface area contributed by atoms with Gasteiger partial charge in [0.1, 0.15) is 5.69 Å². The predicted octanol–water partition coefficient (Wildman–Crippen LogP) is 4.09. The van der Waals surface area contributed by atoms with Crippen molar-refractivity contribution >= 4 is 5.69 Å². The molecule has 1 aromatic rings. The zero-order valence-electron chi connectivity index (χ0n) is 10.5. The van der Waals surface area contributed by atoms with E-state index in [1.165, 1.54) is 12.3 Å². The predicted molar refractivity (Wildman–Crippen MR) is 64.3 cm³/mol. The van der Waals surface area contributed by atoms with Crippen LogP contribution >= 0.6 is 0 Å². The molecule has 1 saturated carbocycles. The second-order valence-corrected chi connectivity index (χ2v) is 5.68. The molecular formula is C13H17F3N2. The molecule has 5 heteroatoms. The Morgan fingerprint density at radius 1 is 1.33 bits per heavy atom. The van der Waals surface area contributed by atoms with Gasteiger partial charge in [0.2, 0.25) is 0 Å². The lowest BCUT2D eigenvalue weighted by Gasteiger charge is -2.18. The molecule has 1 aliphatic rings. The van der Waals surface area contributed by atoms with Crippen molar-refractivity contribution in [2.24, 2.45) is 5.41 Å². The second-order valence-electron chi connectivity index (χ2n) is 5.68. The lowest BCUT2D eigenvalue weighted by Crippen LogP contribution is -2.18. The number of halogens is 3. The Morgan fingerprint density at radius 3 is 2.50 bits per heavy atom. The minimum atomic E-state index is -4.37. The molecule has 2 nitrogen and oxygen atoms in total. The molecule has 1 unspecified atom stereocenters. The number of anilines is 1. The Morgan fingerprint density at radius 2 is 2.06 bits per heavy atom. The number of pyridine rings is 1. The molecule has 2 rings (SSSR count). The fourth-order valence-electron chi connectivity index (χ4n) is 2.44. The molecular weight excluding hydrogens is 241 g/mol. The summed E-state index contributed by atoms with van der Waals surface area (Å²) in [5.41, 5.74) is 0.127. The Balaban J connectivity index is 1.99. The van der Waals surface area contributed by atoms with Crippen LogP contribution < -0.4 is 5.32 Å². The monoisotopic (exact) mass is 258 g/mol. The van der Waals surface area contributed by atoms with Crippen LogP contribution in [-0.2, 0) is 6.18 Å². The van der Waals surface area contributed by atoms with Gasteiger partial charge in [-0.05, 0) is 36.8 Å². The van der Waals surface area contributed by atoms with Crippen LogP contribution in [0.1, 0.15) is 38.8 Å². The third-order valence-corrected chi connectivity index (χ3v) is 3.39. The third-order valence-electron chi connectivity index (χ3n) is 3.39. The molecule has 0 amide bonds. The Labute approximate surface area is 105 Å². The molecule has 0 bridgehead atoms. The molecule has 0 aromatic carbocycles. The van der Waals surface area contributed by atoms with Gasteiger partial charge >= 0.3 is 6.18 Å². The van der Waals surface area contributed by atoms with E-state index in [4.69, 9.17) is 0 Å². The van der Waals surface area contributed by atoms with Crippen LogP contribution in [0.2, 0.25) is 0 Å². The molecule has 1 aromatic heterocycles. The van der Waals surface area contributed by atoms with Crippen molar-refractivity contribution in [2.45, 2.75) is 45.3 Å². The zero-order valence-corrected chi connectivity index (χ0v) is 10.5. The van der Waals surface area contributed by atoms with Crippen LogP contribution in [0.25, 0.3) is 0 Å². The highest BCUT2D eigenvalue weighted by atomic mass is 19.4. The zero-order chi connectivity index (χ0) is 13.4. The Bertz CT molecular complexity index is 409. The van der Waals surface area contributed by atoms with Crippen molar-refractivity contribution in [2.75, 3.05) is 5.32 Å². The highest BCUT2D eigenvalue weighted by Gasteiger charge is 2.33. The van der Waals surface area contributed by atoms with Gasteiger partial charge in [0.05, 0.1) is 11.9 Å². The molecule has 1 atom stereocenters. The van der Waals surface area contributed by atoms with Crippen molar-refractivity contribution in [1.82, 2.24) is 4.98 Å². The van der Waals surface area contributed by atoms with E-state index >= 15 is 0 Å². The van der Waals surface area contributed by atoms with Gasteiger partial charge in [0.25, 0.3) is 0 Å². The molecule has 1 heterocycles. The maximum absolute atomic E-state index is 12.3. The number of alkyl halides is 3. The normalized spacial score (nSPS) is 23.1. The van der Waals surface area contributed by atoms with Crippen LogP contribution in [0.3, 0.4) is 0 Å². The maximum atomic E-state index is 12.3. The average molecular weight is 258 g/mol. The number of aromatic nitrogens is 1. The average Bonchev–Trinajstić information content (AvgIpc) is 2.57. The van der Waals surface area contributed by atoms with Crippen molar-refractivity contribution in [1.29, 1.82) is 0 Å². The molecule has 1 aliphatic carbocycles. The van der Waals surface area contributed by atoms with Gasteiger partial charge in [0, 0.05) is 6.04 Å². The number of hydrogen-bond acceptors (Lipinski definition) is 2. The summed E-state index contributed by atoms with van der Waals surface area (Å²) < 4.78 is 37.0. The summed E-state index contributed by atoms with van der Waals surface area (Å²) >= 11 is 0. The van der Waals surface area contributed by atoms with Gasteiger partial charge in [-0.3, -0.25) is 0 Å². The number of hydrogen-bond donors (Lipinski definition) is 1. The summed E-state index contributed by atoms with van der Waals surface area (Å²) in [4.78, 5) is 3.44. The lowest BCUT2D eigenvalue weighted by atomic mass is 9.92. The molecule has 1 fully saturated rings. The molecule has 18 heavy (non-hydrogen) atoms. The summed E-state index contributed by atoms with van der Waals surface area (Å²) in [6.07, 6.45) is 0.114. The van der Waals surface area contributed by atoms with Gasteiger partial charge < -0.3 is 5.32 Å². The van der Waals surface area contributed by atoms with E-state index in [2.05, 4.69) is 24.1 Å². The van der Waals surface area contributed by atoms with Crippen LogP contribution in [0, 0.1) is 5.41 Å².